The Kier molecular flexibility index (Phi) is 4.81. The second-order valence-electron chi connectivity index (χ2n) is 2.95. The van der Waals surface area contributed by atoms with Crippen LogP contribution in [0.2, 0.25) is 0 Å². The van der Waals surface area contributed by atoms with Gasteiger partial charge in [0.15, 0.2) is 6.61 Å². The minimum atomic E-state index is -0.465. The molecule has 0 aliphatic carbocycles. The van der Waals surface area contributed by atoms with Gasteiger partial charge in [0, 0.05) is 0 Å². The normalized spacial score (nSPS) is 9.31. The molecule has 86 valence electrons. The van der Waals surface area contributed by atoms with E-state index >= 15 is 0 Å². The van der Waals surface area contributed by atoms with Gasteiger partial charge in [-0.25, -0.2) is 5.84 Å². The average Bonchev–Trinajstić information content (AvgIpc) is 2.34. The molecule has 1 aromatic rings. The van der Waals surface area contributed by atoms with Crippen LogP contribution in [-0.2, 0) is 9.59 Å². The number of nitrogens with one attached hydrogen (secondary N) is 2. The lowest BCUT2D eigenvalue weighted by atomic mass is 10.3. The zero-order valence-corrected chi connectivity index (χ0v) is 8.60. The zero-order chi connectivity index (χ0) is 11.8. The van der Waals surface area contributed by atoms with Gasteiger partial charge < -0.3 is 10.1 Å². The van der Waals surface area contributed by atoms with E-state index < -0.39 is 5.91 Å². The summed E-state index contributed by atoms with van der Waals surface area (Å²) in [6.45, 7) is -0.296. The van der Waals surface area contributed by atoms with E-state index in [9.17, 15) is 9.59 Å². The summed E-state index contributed by atoms with van der Waals surface area (Å²) in [5.74, 6) is 4.59. The molecule has 0 bridgehead atoms. The van der Waals surface area contributed by atoms with Crippen molar-refractivity contribution in [2.45, 2.75) is 0 Å². The molecule has 0 radical (unpaired) electrons. The van der Waals surface area contributed by atoms with E-state index in [1.54, 1.807) is 24.3 Å². The molecular formula is C10H13N3O3. The molecule has 1 aromatic carbocycles. The number of carbonyl (C=O) groups is 2. The first-order valence-electron chi connectivity index (χ1n) is 4.66. The molecule has 0 spiro atoms. The van der Waals surface area contributed by atoms with Crippen LogP contribution >= 0.6 is 0 Å². The van der Waals surface area contributed by atoms with Crippen LogP contribution in [-0.4, -0.2) is 25.0 Å². The third kappa shape index (κ3) is 4.43. The summed E-state index contributed by atoms with van der Waals surface area (Å²) >= 11 is 0. The lowest BCUT2D eigenvalue weighted by molar-refractivity contribution is -0.127. The second-order valence-corrected chi connectivity index (χ2v) is 2.95. The largest absolute Gasteiger partial charge is 0.484 e. The third-order valence-corrected chi connectivity index (χ3v) is 1.72. The van der Waals surface area contributed by atoms with E-state index in [4.69, 9.17) is 10.6 Å². The van der Waals surface area contributed by atoms with Crippen LogP contribution < -0.4 is 21.3 Å². The van der Waals surface area contributed by atoms with Crippen molar-refractivity contribution in [3.63, 3.8) is 0 Å². The highest BCUT2D eigenvalue weighted by Crippen LogP contribution is 2.07. The van der Waals surface area contributed by atoms with Crippen LogP contribution in [0.4, 0.5) is 0 Å². The monoisotopic (exact) mass is 223 g/mol. The van der Waals surface area contributed by atoms with Crippen molar-refractivity contribution in [1.82, 2.24) is 10.7 Å². The Balaban J connectivity index is 2.23. The summed E-state index contributed by atoms with van der Waals surface area (Å²) in [6.07, 6.45) is 0. The number of benzene rings is 1. The van der Waals surface area contributed by atoms with Gasteiger partial charge in [0.1, 0.15) is 5.75 Å². The number of nitrogens with two attached hydrogens (primary N) is 1. The van der Waals surface area contributed by atoms with Crippen LogP contribution in [0.25, 0.3) is 0 Å². The highest BCUT2D eigenvalue weighted by molar-refractivity contribution is 5.84. The number of hydrazine groups is 1. The SMILES string of the molecule is NNC(=O)CNC(=O)COc1ccccc1. The van der Waals surface area contributed by atoms with Gasteiger partial charge in [0.05, 0.1) is 6.54 Å². The minimum Gasteiger partial charge on any atom is -0.484 e. The van der Waals surface area contributed by atoms with Crippen LogP contribution in [0.15, 0.2) is 30.3 Å². The van der Waals surface area contributed by atoms with Crippen LogP contribution in [0.5, 0.6) is 5.75 Å². The van der Waals surface area contributed by atoms with E-state index in [0.29, 0.717) is 5.75 Å². The van der Waals surface area contributed by atoms with E-state index in [1.165, 1.54) is 0 Å². The third-order valence-electron chi connectivity index (χ3n) is 1.72. The van der Waals surface area contributed by atoms with E-state index in [2.05, 4.69) is 5.32 Å². The predicted molar refractivity (Wildman–Crippen MR) is 57.3 cm³/mol. The number of para-hydroxylation sites is 1. The number of carbonyl (C=O) groups excluding carboxylic acids is 2. The Labute approximate surface area is 92.7 Å². The minimum absolute atomic E-state index is 0.137. The Hall–Kier alpha value is -2.08. The maximum Gasteiger partial charge on any atom is 0.258 e. The number of rotatable bonds is 5. The molecule has 0 heterocycles. The summed E-state index contributed by atoms with van der Waals surface area (Å²) in [5, 5.41) is 2.35. The van der Waals surface area contributed by atoms with Crippen molar-refractivity contribution in [3.05, 3.63) is 30.3 Å². The summed E-state index contributed by atoms with van der Waals surface area (Å²) in [5.41, 5.74) is 1.90. The molecule has 6 heteroatoms. The fourth-order valence-electron chi connectivity index (χ4n) is 0.947. The van der Waals surface area contributed by atoms with Crippen LogP contribution in [0.1, 0.15) is 0 Å². The lowest BCUT2D eigenvalue weighted by Gasteiger charge is -2.06. The van der Waals surface area contributed by atoms with Crippen molar-refractivity contribution in [3.8, 4) is 5.75 Å². The number of ether oxygens (including phenoxy) is 1. The molecule has 1 rings (SSSR count). The van der Waals surface area contributed by atoms with E-state index in [1.807, 2.05) is 11.5 Å². The molecule has 0 aliphatic rings. The van der Waals surface area contributed by atoms with Crippen molar-refractivity contribution in [2.75, 3.05) is 13.2 Å². The van der Waals surface area contributed by atoms with Crippen molar-refractivity contribution in [1.29, 1.82) is 0 Å². The Morgan fingerprint density at radius 2 is 1.88 bits per heavy atom. The first kappa shape index (κ1) is 12.0. The first-order valence-corrected chi connectivity index (χ1v) is 4.66. The van der Waals surface area contributed by atoms with Crippen molar-refractivity contribution in [2.24, 2.45) is 5.84 Å². The fraction of sp³-hybridized carbons (Fsp3) is 0.200. The van der Waals surface area contributed by atoms with E-state index in [0.717, 1.165) is 0 Å². The molecule has 0 fully saturated rings. The average molecular weight is 223 g/mol. The molecule has 16 heavy (non-hydrogen) atoms. The molecule has 0 unspecified atom stereocenters. The predicted octanol–water partition coefficient (Wildman–Crippen LogP) is -0.829. The van der Waals surface area contributed by atoms with Crippen LogP contribution in [0, 0.1) is 0 Å². The van der Waals surface area contributed by atoms with Gasteiger partial charge in [-0.2, -0.15) is 0 Å². The molecule has 6 nitrogen and oxygen atoms in total. The summed E-state index contributed by atoms with van der Waals surface area (Å²) in [6, 6.07) is 8.92. The van der Waals surface area contributed by atoms with Crippen molar-refractivity contribution >= 4 is 11.8 Å². The van der Waals surface area contributed by atoms with Crippen molar-refractivity contribution < 1.29 is 14.3 Å². The quantitative estimate of drug-likeness (QED) is 0.345. The molecule has 0 aliphatic heterocycles. The van der Waals surface area contributed by atoms with Gasteiger partial charge in [-0.3, -0.25) is 15.0 Å². The molecule has 2 amide bonds. The molecule has 0 saturated carbocycles. The number of hydrogen-bond donors (Lipinski definition) is 3. The summed E-state index contributed by atoms with van der Waals surface area (Å²) < 4.78 is 5.16. The van der Waals surface area contributed by atoms with Gasteiger partial charge in [-0.1, -0.05) is 18.2 Å². The topological polar surface area (TPSA) is 93.5 Å². The maximum atomic E-state index is 11.2. The standard InChI is InChI=1S/C10H13N3O3/c11-13-9(14)6-12-10(15)7-16-8-4-2-1-3-5-8/h1-5H,6-7,11H2,(H,12,15)(H,13,14). The Morgan fingerprint density at radius 3 is 2.50 bits per heavy atom. The number of amides is 2. The first-order chi connectivity index (χ1) is 7.72. The van der Waals surface area contributed by atoms with E-state index in [-0.39, 0.29) is 19.1 Å². The maximum absolute atomic E-state index is 11.2. The van der Waals surface area contributed by atoms with Gasteiger partial charge in [0.2, 0.25) is 0 Å². The second kappa shape index (κ2) is 6.41. The summed E-state index contributed by atoms with van der Waals surface area (Å²) in [7, 11) is 0. The molecule has 0 atom stereocenters. The highest BCUT2D eigenvalue weighted by atomic mass is 16.5. The molecule has 4 N–H and O–H groups in total. The summed E-state index contributed by atoms with van der Waals surface area (Å²) in [4.78, 5) is 21.9. The molecular weight excluding hydrogens is 210 g/mol. The van der Waals surface area contributed by atoms with Gasteiger partial charge in [-0.05, 0) is 12.1 Å². The number of hydrogen-bond acceptors (Lipinski definition) is 4. The Morgan fingerprint density at radius 1 is 1.19 bits per heavy atom. The molecule has 0 aromatic heterocycles. The smallest absolute Gasteiger partial charge is 0.258 e. The van der Waals surface area contributed by atoms with Crippen LogP contribution in [0.3, 0.4) is 0 Å². The van der Waals surface area contributed by atoms with Gasteiger partial charge in [-0.15, -0.1) is 0 Å². The fourth-order valence-corrected chi connectivity index (χ4v) is 0.947. The molecule has 0 saturated heterocycles. The van der Waals surface area contributed by atoms with Gasteiger partial charge >= 0.3 is 0 Å². The lowest BCUT2D eigenvalue weighted by Crippen LogP contribution is -2.41. The highest BCUT2D eigenvalue weighted by Gasteiger charge is 2.04. The van der Waals surface area contributed by atoms with Gasteiger partial charge in [0.25, 0.3) is 11.8 Å². The zero-order valence-electron chi connectivity index (χ0n) is 8.60. The Bertz CT molecular complexity index is 354.